The Hall–Kier alpha value is -1.35. The molecule has 108 valence electrons. The summed E-state index contributed by atoms with van der Waals surface area (Å²) < 4.78 is 0. The second-order valence-electron chi connectivity index (χ2n) is 6.09. The van der Waals surface area contributed by atoms with Crippen molar-refractivity contribution < 1.29 is 4.79 Å². The monoisotopic (exact) mass is 272 g/mol. The molecule has 1 heterocycles. The number of amides is 1. The Balaban J connectivity index is 1.66. The van der Waals surface area contributed by atoms with Crippen molar-refractivity contribution in [2.75, 3.05) is 11.9 Å². The van der Waals surface area contributed by atoms with Crippen LogP contribution in [0.3, 0.4) is 0 Å². The maximum Gasteiger partial charge on any atom is 0.227 e. The van der Waals surface area contributed by atoms with Gasteiger partial charge in [0.15, 0.2) is 0 Å². The van der Waals surface area contributed by atoms with Gasteiger partial charge in [-0.05, 0) is 49.1 Å². The Bertz CT molecular complexity index is 476. The average Bonchev–Trinajstić information content (AvgIpc) is 2.76. The summed E-state index contributed by atoms with van der Waals surface area (Å²) in [6, 6.07) is 6.35. The lowest BCUT2D eigenvalue weighted by molar-refractivity contribution is -0.120. The molecule has 0 spiro atoms. The van der Waals surface area contributed by atoms with Gasteiger partial charge in [-0.3, -0.25) is 4.79 Å². The third-order valence-corrected chi connectivity index (χ3v) is 4.59. The van der Waals surface area contributed by atoms with E-state index in [9.17, 15) is 4.79 Å². The second-order valence-corrected chi connectivity index (χ2v) is 6.09. The molecule has 1 aromatic rings. The molecule has 0 bridgehead atoms. The molecule has 1 fully saturated rings. The van der Waals surface area contributed by atoms with Crippen molar-refractivity contribution in [3.05, 3.63) is 29.3 Å². The van der Waals surface area contributed by atoms with Crippen molar-refractivity contribution in [3.8, 4) is 0 Å². The van der Waals surface area contributed by atoms with Crippen LogP contribution in [0.15, 0.2) is 18.2 Å². The first-order chi connectivity index (χ1) is 9.83. The van der Waals surface area contributed by atoms with Crippen molar-refractivity contribution in [3.63, 3.8) is 0 Å². The lowest BCUT2D eigenvalue weighted by Crippen LogP contribution is -2.25. The number of nitrogens with one attached hydrogen (secondary N) is 2. The van der Waals surface area contributed by atoms with Gasteiger partial charge < -0.3 is 10.6 Å². The van der Waals surface area contributed by atoms with Gasteiger partial charge in [-0.15, -0.1) is 0 Å². The van der Waals surface area contributed by atoms with Crippen molar-refractivity contribution in [2.24, 2.45) is 5.92 Å². The summed E-state index contributed by atoms with van der Waals surface area (Å²) in [5.74, 6) is 0.433. The minimum Gasteiger partial charge on any atom is -0.326 e. The van der Waals surface area contributed by atoms with Crippen LogP contribution in [0.1, 0.15) is 49.7 Å². The van der Waals surface area contributed by atoms with E-state index < -0.39 is 0 Å². The molecule has 0 aromatic heterocycles. The zero-order chi connectivity index (χ0) is 13.8. The van der Waals surface area contributed by atoms with Crippen LogP contribution in [0.25, 0.3) is 0 Å². The van der Waals surface area contributed by atoms with Gasteiger partial charge in [-0.25, -0.2) is 0 Å². The summed E-state index contributed by atoms with van der Waals surface area (Å²) >= 11 is 0. The normalized spacial score (nSPS) is 20.0. The van der Waals surface area contributed by atoms with E-state index in [0.717, 1.165) is 38.0 Å². The number of benzene rings is 1. The second kappa shape index (κ2) is 6.40. The fraction of sp³-hybridized carbons (Fsp3) is 0.588. The zero-order valence-electron chi connectivity index (χ0n) is 12.1. The largest absolute Gasteiger partial charge is 0.326 e. The van der Waals surface area contributed by atoms with E-state index in [1.165, 1.54) is 36.8 Å². The summed E-state index contributed by atoms with van der Waals surface area (Å²) in [4.78, 5) is 12.4. The van der Waals surface area contributed by atoms with E-state index in [1.54, 1.807) is 0 Å². The van der Waals surface area contributed by atoms with E-state index in [1.807, 2.05) is 0 Å². The number of fused-ring (bicyclic) bond motifs is 1. The minimum atomic E-state index is 0.214. The Morgan fingerprint density at radius 3 is 2.70 bits per heavy atom. The van der Waals surface area contributed by atoms with Crippen LogP contribution in [0.2, 0.25) is 0 Å². The number of anilines is 1. The molecule has 3 rings (SSSR count). The molecule has 1 amide bonds. The molecule has 1 aromatic carbocycles. The van der Waals surface area contributed by atoms with Gasteiger partial charge in [0.2, 0.25) is 5.91 Å². The molecule has 0 saturated heterocycles. The highest BCUT2D eigenvalue weighted by atomic mass is 16.1. The lowest BCUT2D eigenvalue weighted by atomic mass is 9.98. The van der Waals surface area contributed by atoms with Gasteiger partial charge in [-0.1, -0.05) is 31.7 Å². The van der Waals surface area contributed by atoms with Gasteiger partial charge in [0.1, 0.15) is 0 Å². The molecule has 3 heteroatoms. The Kier molecular flexibility index (Phi) is 4.36. The molecule has 0 atom stereocenters. The van der Waals surface area contributed by atoms with Crippen molar-refractivity contribution in [1.29, 1.82) is 0 Å². The van der Waals surface area contributed by atoms with Gasteiger partial charge in [0, 0.05) is 18.2 Å². The first-order valence-electron chi connectivity index (χ1n) is 7.96. The molecule has 1 saturated carbocycles. The molecule has 0 unspecified atom stereocenters. The van der Waals surface area contributed by atoms with E-state index in [2.05, 4.69) is 28.8 Å². The number of carbonyl (C=O) groups excluding carboxylic acids is 1. The fourth-order valence-electron chi connectivity index (χ4n) is 3.34. The average molecular weight is 272 g/mol. The van der Waals surface area contributed by atoms with Crippen LogP contribution in [-0.2, 0) is 17.8 Å². The number of hydrogen-bond donors (Lipinski definition) is 2. The maximum atomic E-state index is 12.4. The predicted molar refractivity (Wildman–Crippen MR) is 81.7 cm³/mol. The molecule has 20 heavy (non-hydrogen) atoms. The quantitative estimate of drug-likeness (QED) is 0.811. The maximum absolute atomic E-state index is 12.4. The topological polar surface area (TPSA) is 41.1 Å². The highest BCUT2D eigenvalue weighted by Crippen LogP contribution is 2.25. The van der Waals surface area contributed by atoms with Crippen LogP contribution < -0.4 is 10.6 Å². The first kappa shape index (κ1) is 13.6. The molecule has 2 aliphatic rings. The molecule has 0 radical (unpaired) electrons. The minimum absolute atomic E-state index is 0.214. The smallest absolute Gasteiger partial charge is 0.227 e. The van der Waals surface area contributed by atoms with Crippen LogP contribution in [-0.4, -0.2) is 12.5 Å². The molecule has 1 aliphatic heterocycles. The Morgan fingerprint density at radius 2 is 1.90 bits per heavy atom. The number of rotatable bonds is 2. The van der Waals surface area contributed by atoms with Gasteiger partial charge in [0.05, 0.1) is 0 Å². The van der Waals surface area contributed by atoms with Crippen LogP contribution in [0.4, 0.5) is 5.69 Å². The molecule has 1 aliphatic carbocycles. The Labute approximate surface area is 121 Å². The van der Waals surface area contributed by atoms with Crippen molar-refractivity contribution in [2.45, 2.75) is 51.5 Å². The number of carbonyl (C=O) groups is 1. The van der Waals surface area contributed by atoms with Crippen LogP contribution >= 0.6 is 0 Å². The molecular weight excluding hydrogens is 248 g/mol. The van der Waals surface area contributed by atoms with E-state index >= 15 is 0 Å². The third-order valence-electron chi connectivity index (χ3n) is 4.59. The van der Waals surface area contributed by atoms with Crippen molar-refractivity contribution in [1.82, 2.24) is 5.32 Å². The van der Waals surface area contributed by atoms with Crippen LogP contribution in [0, 0.1) is 5.92 Å². The third kappa shape index (κ3) is 3.21. The fourth-order valence-corrected chi connectivity index (χ4v) is 3.34. The van der Waals surface area contributed by atoms with E-state index in [-0.39, 0.29) is 11.8 Å². The van der Waals surface area contributed by atoms with Gasteiger partial charge >= 0.3 is 0 Å². The van der Waals surface area contributed by atoms with E-state index in [4.69, 9.17) is 0 Å². The highest BCUT2D eigenvalue weighted by molar-refractivity contribution is 5.92. The molecular formula is C17H24N2O. The molecule has 3 nitrogen and oxygen atoms in total. The summed E-state index contributed by atoms with van der Waals surface area (Å²) in [5.41, 5.74) is 3.70. The summed E-state index contributed by atoms with van der Waals surface area (Å²) in [6.07, 6.45) is 8.17. The first-order valence-corrected chi connectivity index (χ1v) is 7.96. The SMILES string of the molecule is O=C(Nc1ccc2c(c1)CNCC2)C1CCCCCC1. The van der Waals surface area contributed by atoms with Crippen LogP contribution in [0.5, 0.6) is 0 Å². The highest BCUT2D eigenvalue weighted by Gasteiger charge is 2.20. The standard InChI is InChI=1S/C17H24N2O/c20-17(14-5-3-1-2-4-6-14)19-16-8-7-13-9-10-18-12-15(13)11-16/h7-8,11,14,18H,1-6,9-10,12H2,(H,19,20). The molecule has 2 N–H and O–H groups in total. The summed E-state index contributed by atoms with van der Waals surface area (Å²) in [7, 11) is 0. The summed E-state index contributed by atoms with van der Waals surface area (Å²) in [6.45, 7) is 1.98. The van der Waals surface area contributed by atoms with E-state index in [0.29, 0.717) is 0 Å². The van der Waals surface area contributed by atoms with Gasteiger partial charge in [0.25, 0.3) is 0 Å². The van der Waals surface area contributed by atoms with Gasteiger partial charge in [-0.2, -0.15) is 0 Å². The number of hydrogen-bond acceptors (Lipinski definition) is 2. The summed E-state index contributed by atoms with van der Waals surface area (Å²) in [5, 5.41) is 6.50. The Morgan fingerprint density at radius 1 is 1.10 bits per heavy atom. The lowest BCUT2D eigenvalue weighted by Gasteiger charge is -2.19. The van der Waals surface area contributed by atoms with Crippen molar-refractivity contribution >= 4 is 11.6 Å². The zero-order valence-corrected chi connectivity index (χ0v) is 12.1. The predicted octanol–water partition coefficient (Wildman–Crippen LogP) is 3.24.